The molecule has 9 aromatic rings. The number of anilines is 4. The number of hydrogen-bond acceptors (Lipinski definition) is 4. The van der Waals surface area contributed by atoms with Gasteiger partial charge in [0, 0.05) is 51.3 Å². The van der Waals surface area contributed by atoms with Crippen LogP contribution in [0.25, 0.3) is 27.6 Å². The quantitative estimate of drug-likeness (QED) is 0.144. The van der Waals surface area contributed by atoms with Crippen LogP contribution < -0.4 is 14.5 Å². The average Bonchev–Trinajstić information content (AvgIpc) is 3.89. The van der Waals surface area contributed by atoms with Gasteiger partial charge in [0.1, 0.15) is 24.0 Å². The van der Waals surface area contributed by atoms with Crippen LogP contribution in [0.4, 0.5) is 22.7 Å². The van der Waals surface area contributed by atoms with Gasteiger partial charge < -0.3 is 14.5 Å². The molecule has 3 heterocycles. The van der Waals surface area contributed by atoms with Gasteiger partial charge in [-0.1, -0.05) is 187 Å². The number of hydrogen-bond donors (Lipinski definition) is 0. The molecule has 0 bridgehead atoms. The molecule has 0 atom stereocenters. The zero-order valence-electron chi connectivity index (χ0n) is 44.1. The maximum absolute atomic E-state index is 7.08. The lowest BCUT2D eigenvalue weighted by Crippen LogP contribution is -2.27. The monoisotopic (exact) mass is 935 g/mol. The zero-order chi connectivity index (χ0) is 50.3. The number of aromatic nitrogens is 2. The van der Waals surface area contributed by atoms with Crippen molar-refractivity contribution in [3.8, 4) is 17.3 Å². The van der Waals surface area contributed by atoms with Gasteiger partial charge in [-0.05, 0) is 116 Å². The van der Waals surface area contributed by atoms with E-state index in [4.69, 9.17) is 9.72 Å². The Morgan fingerprint density at radius 1 is 0.408 bits per heavy atom. The van der Waals surface area contributed by atoms with Gasteiger partial charge in [0.25, 0.3) is 0 Å². The van der Waals surface area contributed by atoms with Crippen molar-refractivity contribution in [3.63, 3.8) is 0 Å². The van der Waals surface area contributed by atoms with Crippen LogP contribution >= 0.6 is 0 Å². The largest absolute Gasteiger partial charge is 0.457 e. The molecular weight excluding hydrogens is 865 g/mol. The number of fused-ring (bicyclic) bond motifs is 4. The third-order valence-electron chi connectivity index (χ3n) is 15.1. The molecule has 0 fully saturated rings. The normalized spacial score (nSPS) is 13.6. The minimum Gasteiger partial charge on any atom is -0.457 e. The van der Waals surface area contributed by atoms with Crippen molar-refractivity contribution >= 4 is 44.6 Å². The summed E-state index contributed by atoms with van der Waals surface area (Å²) in [7, 11) is 0. The molecule has 7 aromatic carbocycles. The number of benzene rings is 7. The molecule has 2 aromatic heterocycles. The molecule has 0 aliphatic carbocycles. The Morgan fingerprint density at radius 2 is 1.00 bits per heavy atom. The Balaban J connectivity index is 1.09. The second-order valence-corrected chi connectivity index (χ2v) is 23.9. The highest BCUT2D eigenvalue weighted by Crippen LogP contribution is 2.49. The highest BCUT2D eigenvalue weighted by molar-refractivity contribution is 6.11. The summed E-state index contributed by atoms with van der Waals surface area (Å²) in [4.78, 5) is 9.97. The van der Waals surface area contributed by atoms with Crippen molar-refractivity contribution in [3.05, 3.63) is 215 Å². The van der Waals surface area contributed by atoms with E-state index in [-0.39, 0.29) is 27.1 Å². The smallest absolute Gasteiger partial charge is 0.137 e. The van der Waals surface area contributed by atoms with Gasteiger partial charge in [0.05, 0.1) is 22.4 Å². The number of nitrogens with zero attached hydrogens (tertiary/aromatic N) is 4. The lowest BCUT2D eigenvalue weighted by molar-refractivity contribution is 0.480. The highest BCUT2D eigenvalue weighted by Gasteiger charge is 2.35. The predicted octanol–water partition coefficient (Wildman–Crippen LogP) is 17.8. The zero-order valence-corrected chi connectivity index (χ0v) is 44.1. The highest BCUT2D eigenvalue weighted by atomic mass is 16.5. The Kier molecular flexibility index (Phi) is 11.6. The molecule has 0 saturated carbocycles. The van der Waals surface area contributed by atoms with E-state index in [9.17, 15) is 0 Å². The van der Waals surface area contributed by atoms with Crippen LogP contribution in [0, 0.1) is 0 Å². The molecular formula is C66H70N4O. The third kappa shape index (κ3) is 8.79. The summed E-state index contributed by atoms with van der Waals surface area (Å²) < 4.78 is 9.40. The third-order valence-corrected chi connectivity index (χ3v) is 15.1. The van der Waals surface area contributed by atoms with Crippen LogP contribution in [-0.2, 0) is 27.1 Å². The maximum Gasteiger partial charge on any atom is 0.137 e. The molecule has 1 aliphatic heterocycles. The van der Waals surface area contributed by atoms with Crippen LogP contribution in [0.2, 0.25) is 0 Å². The first-order valence-corrected chi connectivity index (χ1v) is 25.4. The molecule has 0 saturated heterocycles. The number of pyridine rings is 1. The number of ether oxygens (including phenoxy) is 1. The Bertz CT molecular complexity index is 3360. The van der Waals surface area contributed by atoms with Gasteiger partial charge in [-0.25, -0.2) is 4.98 Å². The molecule has 0 spiro atoms. The van der Waals surface area contributed by atoms with Gasteiger partial charge in [-0.3, -0.25) is 4.57 Å². The molecule has 5 heteroatoms. The minimum absolute atomic E-state index is 0.0287. The second kappa shape index (κ2) is 17.3. The van der Waals surface area contributed by atoms with Gasteiger partial charge in [0.15, 0.2) is 0 Å². The van der Waals surface area contributed by atoms with Gasteiger partial charge >= 0.3 is 0 Å². The fourth-order valence-corrected chi connectivity index (χ4v) is 10.5. The molecule has 10 rings (SSSR count). The Morgan fingerprint density at radius 3 is 1.62 bits per heavy atom. The van der Waals surface area contributed by atoms with Gasteiger partial charge in [0.2, 0.25) is 0 Å². The molecule has 5 nitrogen and oxygen atoms in total. The van der Waals surface area contributed by atoms with Crippen molar-refractivity contribution in [2.75, 3.05) is 16.5 Å². The van der Waals surface area contributed by atoms with Crippen LogP contribution in [0.5, 0.6) is 11.5 Å². The Labute approximate surface area is 422 Å². The number of rotatable bonds is 9. The molecule has 0 N–H and O–H groups in total. The summed E-state index contributed by atoms with van der Waals surface area (Å²) >= 11 is 0. The summed E-state index contributed by atoms with van der Waals surface area (Å²) in [5, 5.41) is 2.44. The molecule has 0 unspecified atom stereocenters. The van der Waals surface area contributed by atoms with E-state index in [1.165, 1.54) is 66.8 Å². The van der Waals surface area contributed by atoms with E-state index < -0.39 is 0 Å². The summed E-state index contributed by atoms with van der Waals surface area (Å²) in [6.45, 7) is 30.6. The lowest BCUT2D eigenvalue weighted by atomic mass is 9.73. The van der Waals surface area contributed by atoms with Gasteiger partial charge in [-0.15, -0.1) is 0 Å². The lowest BCUT2D eigenvalue weighted by Gasteiger charge is -2.33. The van der Waals surface area contributed by atoms with E-state index in [0.717, 1.165) is 34.0 Å². The Hall–Kier alpha value is -7.11. The summed E-state index contributed by atoms with van der Waals surface area (Å²) in [5.74, 6) is 2.47. The fourth-order valence-electron chi connectivity index (χ4n) is 10.5. The van der Waals surface area contributed by atoms with E-state index in [1.54, 1.807) is 0 Å². The van der Waals surface area contributed by atoms with E-state index in [0.29, 0.717) is 6.67 Å². The first-order valence-electron chi connectivity index (χ1n) is 25.4. The standard InChI is InChI=1S/C66H70N4O/c1-62(2,3)46-31-32-57-58(38-46)68(43-69(57)51-36-48(65(10,11)44-23-16-14-17-24-44)35-49(37-51)66(12,13)45-25-18-15-19-26-45)50-27-22-28-52(40-50)71-53-41-55(64(7,8)9)61-54-29-20-21-30-56(54)70(59(61)42-53)60-39-47(33-34-67-60)63(4,5)6/h14-42H,43H2,1-13H3. The molecule has 0 radical (unpaired) electrons. The van der Waals surface area contributed by atoms with E-state index in [1.807, 2.05) is 6.20 Å². The fraction of sp³-hybridized carbons (Fsp3) is 0.288. The van der Waals surface area contributed by atoms with Crippen molar-refractivity contribution in [2.45, 2.75) is 117 Å². The first kappa shape index (κ1) is 47.6. The topological polar surface area (TPSA) is 33.5 Å². The summed E-state index contributed by atoms with van der Waals surface area (Å²) in [6.07, 6.45) is 1.95. The molecule has 71 heavy (non-hydrogen) atoms. The molecule has 360 valence electrons. The minimum atomic E-state index is -0.250. The van der Waals surface area contributed by atoms with E-state index >= 15 is 0 Å². The van der Waals surface area contributed by atoms with Crippen LogP contribution in [0.3, 0.4) is 0 Å². The summed E-state index contributed by atoms with van der Waals surface area (Å²) in [6, 6.07) is 62.4. The predicted molar refractivity (Wildman–Crippen MR) is 300 cm³/mol. The summed E-state index contributed by atoms with van der Waals surface area (Å²) in [5.41, 5.74) is 15.0. The second-order valence-electron chi connectivity index (χ2n) is 23.9. The number of para-hydroxylation sites is 1. The van der Waals surface area contributed by atoms with Gasteiger partial charge in [-0.2, -0.15) is 0 Å². The van der Waals surface area contributed by atoms with Crippen molar-refractivity contribution in [1.29, 1.82) is 0 Å². The van der Waals surface area contributed by atoms with E-state index in [2.05, 4.69) is 274 Å². The molecule has 1 aliphatic rings. The molecule has 0 amide bonds. The van der Waals surface area contributed by atoms with Crippen LogP contribution in [0.1, 0.15) is 129 Å². The van der Waals surface area contributed by atoms with Crippen molar-refractivity contribution < 1.29 is 4.74 Å². The van der Waals surface area contributed by atoms with Crippen LogP contribution in [-0.4, -0.2) is 16.2 Å². The average molecular weight is 935 g/mol. The van der Waals surface area contributed by atoms with Crippen molar-refractivity contribution in [1.82, 2.24) is 9.55 Å². The first-order chi connectivity index (χ1) is 33.6. The van der Waals surface area contributed by atoms with Crippen molar-refractivity contribution in [2.24, 2.45) is 0 Å². The SMILES string of the molecule is CC(C)(C)c1ccnc(-n2c3ccccc3c3c(C(C)(C)C)cc(Oc4cccc(N5CN(c6cc(C(C)(C)c7ccccc7)cc(C(C)(C)c7ccccc7)c6)c6ccc(C(C)(C)C)cc65)c4)cc32)c1. The van der Waals surface area contributed by atoms with Crippen LogP contribution in [0.15, 0.2) is 176 Å². The maximum atomic E-state index is 7.08.